The largest absolute Gasteiger partial charge is 0.493 e. The lowest BCUT2D eigenvalue weighted by Gasteiger charge is -2.14. The summed E-state index contributed by atoms with van der Waals surface area (Å²) in [5.74, 6) is 1.17. The van der Waals surface area contributed by atoms with Crippen molar-refractivity contribution in [3.8, 4) is 11.5 Å². The molecule has 1 heterocycles. The Labute approximate surface area is 170 Å². The predicted octanol–water partition coefficient (Wildman–Crippen LogP) is 4.60. The lowest BCUT2D eigenvalue weighted by molar-refractivity contribution is -0.126. The van der Waals surface area contributed by atoms with Crippen molar-refractivity contribution in [2.75, 3.05) is 13.7 Å². The van der Waals surface area contributed by atoms with Crippen molar-refractivity contribution in [2.45, 2.75) is 38.5 Å². The molecule has 5 nitrogen and oxygen atoms in total. The summed E-state index contributed by atoms with van der Waals surface area (Å²) in [6.07, 6.45) is 1.26. The maximum Gasteiger partial charge on any atom is 0.289 e. The van der Waals surface area contributed by atoms with Crippen LogP contribution in [0.25, 0.3) is 0 Å². The van der Waals surface area contributed by atoms with E-state index in [-0.39, 0.29) is 16.4 Å². The number of carbonyl (C=O) groups excluding carboxylic acids is 2. The van der Waals surface area contributed by atoms with Gasteiger partial charge in [-0.15, -0.1) is 0 Å². The van der Waals surface area contributed by atoms with Crippen LogP contribution in [-0.4, -0.2) is 35.0 Å². The highest BCUT2D eigenvalue weighted by Gasteiger charge is 2.38. The number of nitrogens with zero attached hydrogens (tertiary/aromatic N) is 1. The average molecular weight is 400 g/mol. The molecule has 0 N–H and O–H groups in total. The fourth-order valence-electron chi connectivity index (χ4n) is 3.07. The van der Waals surface area contributed by atoms with Gasteiger partial charge in [-0.25, -0.2) is 0 Å². The van der Waals surface area contributed by atoms with Gasteiger partial charge in [0.1, 0.15) is 6.61 Å². The summed E-state index contributed by atoms with van der Waals surface area (Å²) in [6.45, 7) is 4.94. The van der Waals surface area contributed by atoms with Crippen LogP contribution in [0.3, 0.4) is 0 Å². The Balaban J connectivity index is 1.66. The minimum Gasteiger partial charge on any atom is -0.493 e. The molecule has 1 fully saturated rings. The van der Waals surface area contributed by atoms with Gasteiger partial charge >= 0.3 is 0 Å². The molecule has 1 aliphatic heterocycles. The first-order valence-electron chi connectivity index (χ1n) is 9.39. The summed E-state index contributed by atoms with van der Waals surface area (Å²) in [5.41, 5.74) is 3.23. The van der Waals surface area contributed by atoms with Crippen molar-refractivity contribution < 1.29 is 19.1 Å². The molecule has 0 aromatic heterocycles. The zero-order valence-electron chi connectivity index (χ0n) is 16.4. The van der Waals surface area contributed by atoms with Crippen molar-refractivity contribution in [3.63, 3.8) is 0 Å². The van der Waals surface area contributed by atoms with Crippen LogP contribution in [0.15, 0.2) is 42.5 Å². The van der Waals surface area contributed by atoms with E-state index in [0.29, 0.717) is 31.1 Å². The highest BCUT2D eigenvalue weighted by atomic mass is 32.2. The van der Waals surface area contributed by atoms with Crippen LogP contribution in [0.2, 0.25) is 0 Å². The van der Waals surface area contributed by atoms with Gasteiger partial charge in [0.15, 0.2) is 11.5 Å². The van der Waals surface area contributed by atoms with Crippen molar-refractivity contribution in [3.05, 3.63) is 59.2 Å². The number of benzene rings is 2. The Kier molecular flexibility index (Phi) is 6.62. The quantitative estimate of drug-likeness (QED) is 0.649. The first kappa shape index (κ1) is 20.3. The van der Waals surface area contributed by atoms with Crippen molar-refractivity contribution in [2.24, 2.45) is 0 Å². The summed E-state index contributed by atoms with van der Waals surface area (Å²) < 4.78 is 11.4. The lowest BCUT2D eigenvalue weighted by atomic mass is 10.1. The summed E-state index contributed by atoms with van der Waals surface area (Å²) in [4.78, 5) is 25.8. The molecule has 1 atom stereocenters. The van der Waals surface area contributed by atoms with Crippen molar-refractivity contribution >= 4 is 22.9 Å². The summed E-state index contributed by atoms with van der Waals surface area (Å²) in [6, 6.07) is 13.9. The predicted molar refractivity (Wildman–Crippen MR) is 111 cm³/mol. The van der Waals surface area contributed by atoms with Gasteiger partial charge in [-0.05, 0) is 43.0 Å². The number of hydrogen-bond donors (Lipinski definition) is 0. The minimum atomic E-state index is -0.372. The summed E-state index contributed by atoms with van der Waals surface area (Å²) in [5, 5.41) is -0.523. The van der Waals surface area contributed by atoms with Crippen LogP contribution < -0.4 is 9.47 Å². The Hall–Kier alpha value is -2.47. The number of carbonyl (C=O) groups is 2. The number of ether oxygens (including phenoxy) is 2. The molecule has 148 valence electrons. The maximum absolute atomic E-state index is 12.4. The van der Waals surface area contributed by atoms with E-state index >= 15 is 0 Å². The zero-order chi connectivity index (χ0) is 20.1. The molecule has 0 aliphatic carbocycles. The van der Waals surface area contributed by atoms with Gasteiger partial charge in [-0.1, -0.05) is 54.6 Å². The zero-order valence-corrected chi connectivity index (χ0v) is 17.3. The molecule has 0 saturated carbocycles. The van der Waals surface area contributed by atoms with Crippen molar-refractivity contribution in [1.29, 1.82) is 0 Å². The molecule has 2 aromatic rings. The van der Waals surface area contributed by atoms with Gasteiger partial charge in [0.25, 0.3) is 5.24 Å². The van der Waals surface area contributed by atoms with Crippen LogP contribution in [-0.2, 0) is 17.8 Å². The van der Waals surface area contributed by atoms with E-state index < -0.39 is 0 Å². The van der Waals surface area contributed by atoms with Gasteiger partial charge in [-0.3, -0.25) is 14.5 Å². The fourth-order valence-corrected chi connectivity index (χ4v) is 4.13. The number of rotatable bonds is 8. The Morgan fingerprint density at radius 1 is 1.04 bits per heavy atom. The van der Waals surface area contributed by atoms with Crippen LogP contribution in [0.1, 0.15) is 30.0 Å². The molecule has 28 heavy (non-hydrogen) atoms. The van der Waals surface area contributed by atoms with Crippen LogP contribution in [0.4, 0.5) is 4.79 Å². The van der Waals surface area contributed by atoms with Gasteiger partial charge in [0.05, 0.1) is 12.4 Å². The highest BCUT2D eigenvalue weighted by Crippen LogP contribution is 2.33. The van der Waals surface area contributed by atoms with Gasteiger partial charge in [0, 0.05) is 6.54 Å². The molecule has 0 spiro atoms. The highest BCUT2D eigenvalue weighted by molar-refractivity contribution is 8.15. The third-order valence-corrected chi connectivity index (χ3v) is 5.69. The van der Waals surface area contributed by atoms with Crippen LogP contribution in [0.5, 0.6) is 11.5 Å². The van der Waals surface area contributed by atoms with E-state index in [2.05, 4.69) is 19.1 Å². The monoisotopic (exact) mass is 399 g/mol. The third-order valence-electron chi connectivity index (χ3n) is 4.62. The van der Waals surface area contributed by atoms with E-state index in [4.69, 9.17) is 9.47 Å². The number of aryl methyl sites for hydroxylation is 1. The Morgan fingerprint density at radius 2 is 1.75 bits per heavy atom. The molecule has 0 radical (unpaired) electrons. The number of hydrogen-bond acceptors (Lipinski definition) is 5. The number of methoxy groups -OCH3 is 1. The number of amides is 2. The fraction of sp³-hybridized carbons (Fsp3) is 0.364. The van der Waals surface area contributed by atoms with E-state index in [0.717, 1.165) is 29.3 Å². The van der Waals surface area contributed by atoms with E-state index in [1.165, 1.54) is 10.5 Å². The summed E-state index contributed by atoms with van der Waals surface area (Å²) in [7, 11) is 1.60. The number of imide groups is 1. The van der Waals surface area contributed by atoms with Crippen LogP contribution >= 0.6 is 11.8 Å². The van der Waals surface area contributed by atoms with E-state index in [1.807, 2.05) is 37.3 Å². The van der Waals surface area contributed by atoms with Crippen LogP contribution in [0, 0.1) is 6.92 Å². The minimum absolute atomic E-state index is 0.101. The van der Waals surface area contributed by atoms with Gasteiger partial charge in [-0.2, -0.15) is 0 Å². The first-order chi connectivity index (χ1) is 13.5. The molecule has 2 aromatic carbocycles. The lowest BCUT2D eigenvalue weighted by Crippen LogP contribution is -2.32. The van der Waals surface area contributed by atoms with Gasteiger partial charge in [0.2, 0.25) is 5.91 Å². The molecule has 2 amide bonds. The van der Waals surface area contributed by atoms with Crippen molar-refractivity contribution in [1.82, 2.24) is 4.90 Å². The van der Waals surface area contributed by atoms with Gasteiger partial charge < -0.3 is 9.47 Å². The first-order valence-corrected chi connectivity index (χ1v) is 10.3. The SMILES string of the molecule is CCCN1C(=O)S[C@H](Cc2ccc(OCc3ccc(C)cc3)c(OC)c2)C1=O. The third kappa shape index (κ3) is 4.68. The number of thioether (sulfide) groups is 1. The smallest absolute Gasteiger partial charge is 0.289 e. The van der Waals surface area contributed by atoms with E-state index in [1.54, 1.807) is 7.11 Å². The standard InChI is InChI=1S/C22H25NO4S/c1-4-11-23-21(24)20(28-22(23)25)13-17-9-10-18(19(12-17)26-3)27-14-16-7-5-15(2)6-8-16/h5-10,12,20H,4,11,13-14H2,1-3H3/t20-/m1/s1. The Morgan fingerprint density at radius 3 is 2.43 bits per heavy atom. The molecule has 1 saturated heterocycles. The second-order valence-electron chi connectivity index (χ2n) is 6.83. The average Bonchev–Trinajstić information content (AvgIpc) is 2.96. The molecule has 0 unspecified atom stereocenters. The topological polar surface area (TPSA) is 55.8 Å². The molecule has 6 heteroatoms. The Bertz CT molecular complexity index is 850. The second kappa shape index (κ2) is 9.15. The normalized spacial score (nSPS) is 16.5. The molecule has 3 rings (SSSR count). The van der Waals surface area contributed by atoms with E-state index in [9.17, 15) is 9.59 Å². The molecule has 0 bridgehead atoms. The molecular weight excluding hydrogens is 374 g/mol. The molecule has 1 aliphatic rings. The maximum atomic E-state index is 12.4. The summed E-state index contributed by atoms with van der Waals surface area (Å²) >= 11 is 1.11. The second-order valence-corrected chi connectivity index (χ2v) is 7.98. The molecular formula is C22H25NO4S.